The number of likely N-dealkylation sites (tertiary alicyclic amines) is 1. The molecule has 6 nitrogen and oxygen atoms in total. The molecule has 2 saturated heterocycles. The van der Waals surface area contributed by atoms with E-state index in [1.807, 2.05) is 0 Å². The van der Waals surface area contributed by atoms with Crippen LogP contribution in [0.2, 0.25) is 0 Å². The Morgan fingerprint density at radius 3 is 2.86 bits per heavy atom. The van der Waals surface area contributed by atoms with Crippen molar-refractivity contribution in [2.45, 2.75) is 18.6 Å². The number of hydrogen-bond donors (Lipinski definition) is 1. The first-order chi connectivity index (χ1) is 10.1. The van der Waals surface area contributed by atoms with Gasteiger partial charge in [-0.05, 0) is 24.6 Å². The number of ether oxygens (including phenoxy) is 3. The average molecular weight is 292 g/mol. The van der Waals surface area contributed by atoms with E-state index < -0.39 is 5.79 Å². The van der Waals surface area contributed by atoms with Gasteiger partial charge in [-0.2, -0.15) is 0 Å². The predicted molar refractivity (Wildman–Crippen MR) is 77.2 cm³/mol. The number of carbonyl (C=O) groups is 1. The second kappa shape index (κ2) is 5.54. The minimum Gasteiger partial charge on any atom is -0.496 e. The van der Waals surface area contributed by atoms with Gasteiger partial charge in [0.15, 0.2) is 5.79 Å². The summed E-state index contributed by atoms with van der Waals surface area (Å²) in [6.07, 6.45) is 1.68. The zero-order valence-electron chi connectivity index (χ0n) is 12.1. The van der Waals surface area contributed by atoms with Crippen LogP contribution < -0.4 is 10.5 Å². The summed E-state index contributed by atoms with van der Waals surface area (Å²) < 4.78 is 16.7. The summed E-state index contributed by atoms with van der Waals surface area (Å²) in [5, 5.41) is 0. The van der Waals surface area contributed by atoms with Crippen molar-refractivity contribution < 1.29 is 19.0 Å². The molecule has 21 heavy (non-hydrogen) atoms. The molecule has 1 spiro atoms. The second-order valence-electron chi connectivity index (χ2n) is 5.40. The summed E-state index contributed by atoms with van der Waals surface area (Å²) >= 11 is 0. The van der Waals surface area contributed by atoms with E-state index in [9.17, 15) is 4.79 Å². The van der Waals surface area contributed by atoms with E-state index in [4.69, 9.17) is 19.9 Å². The maximum atomic E-state index is 12.8. The Bertz CT molecular complexity index is 540. The molecular formula is C15H20N2O4. The van der Waals surface area contributed by atoms with Crippen LogP contribution in [0, 0.1) is 0 Å². The third-order valence-electron chi connectivity index (χ3n) is 3.97. The van der Waals surface area contributed by atoms with Crippen molar-refractivity contribution >= 4 is 11.6 Å². The molecule has 114 valence electrons. The largest absolute Gasteiger partial charge is 0.496 e. The van der Waals surface area contributed by atoms with Gasteiger partial charge in [-0.1, -0.05) is 0 Å². The number of carbonyl (C=O) groups excluding carboxylic acids is 1. The fraction of sp³-hybridized carbons (Fsp3) is 0.533. The molecular weight excluding hydrogens is 272 g/mol. The molecule has 0 radical (unpaired) electrons. The number of piperidine rings is 1. The van der Waals surface area contributed by atoms with Gasteiger partial charge in [-0.25, -0.2) is 0 Å². The fourth-order valence-corrected chi connectivity index (χ4v) is 2.96. The van der Waals surface area contributed by atoms with Crippen LogP contribution in [0.4, 0.5) is 5.69 Å². The molecule has 6 heteroatoms. The lowest BCUT2D eigenvalue weighted by molar-refractivity contribution is -0.183. The summed E-state index contributed by atoms with van der Waals surface area (Å²) in [5.41, 5.74) is 6.81. The molecule has 0 saturated carbocycles. The lowest BCUT2D eigenvalue weighted by Gasteiger charge is -2.38. The SMILES string of the molecule is COc1ccc(N)cc1C(=O)N1CCCC2(C1)OCCO2. The second-order valence-corrected chi connectivity index (χ2v) is 5.40. The number of nitrogen functional groups attached to an aromatic ring is 1. The Hall–Kier alpha value is -1.79. The van der Waals surface area contributed by atoms with Crippen molar-refractivity contribution in [2.75, 3.05) is 39.1 Å². The van der Waals surface area contributed by atoms with E-state index in [1.54, 1.807) is 30.2 Å². The van der Waals surface area contributed by atoms with Crippen molar-refractivity contribution in [3.8, 4) is 5.75 Å². The Balaban J connectivity index is 1.83. The number of nitrogens with zero attached hydrogens (tertiary/aromatic N) is 1. The van der Waals surface area contributed by atoms with Crippen LogP contribution in [-0.2, 0) is 9.47 Å². The maximum Gasteiger partial charge on any atom is 0.257 e. The first-order valence-corrected chi connectivity index (χ1v) is 7.14. The third kappa shape index (κ3) is 2.69. The van der Waals surface area contributed by atoms with Crippen LogP contribution in [-0.4, -0.2) is 50.0 Å². The molecule has 2 heterocycles. The molecule has 2 aliphatic heterocycles. The van der Waals surface area contributed by atoms with Crippen LogP contribution in [0.25, 0.3) is 0 Å². The normalized spacial score (nSPS) is 20.7. The van der Waals surface area contributed by atoms with E-state index in [2.05, 4.69) is 0 Å². The highest BCUT2D eigenvalue weighted by atomic mass is 16.7. The first kappa shape index (κ1) is 14.2. The highest BCUT2D eigenvalue weighted by Gasteiger charge is 2.42. The Kier molecular flexibility index (Phi) is 3.73. The molecule has 3 rings (SSSR count). The Morgan fingerprint density at radius 2 is 2.14 bits per heavy atom. The van der Waals surface area contributed by atoms with Gasteiger partial charge in [-0.3, -0.25) is 4.79 Å². The number of rotatable bonds is 2. The van der Waals surface area contributed by atoms with Gasteiger partial charge >= 0.3 is 0 Å². The highest BCUT2D eigenvalue weighted by molar-refractivity contribution is 5.98. The fourth-order valence-electron chi connectivity index (χ4n) is 2.96. The molecule has 1 aromatic carbocycles. The standard InChI is InChI=1S/C15H20N2O4/c1-19-13-4-3-11(16)9-12(13)14(18)17-6-2-5-15(10-17)20-7-8-21-15/h3-4,9H,2,5-8,10,16H2,1H3. The van der Waals surface area contributed by atoms with Crippen LogP contribution in [0.5, 0.6) is 5.75 Å². The number of anilines is 1. The number of hydrogen-bond acceptors (Lipinski definition) is 5. The van der Waals surface area contributed by atoms with Gasteiger partial charge < -0.3 is 24.8 Å². The number of nitrogens with two attached hydrogens (primary N) is 1. The molecule has 0 unspecified atom stereocenters. The van der Waals surface area contributed by atoms with Crippen LogP contribution in [0.1, 0.15) is 23.2 Å². The van der Waals surface area contributed by atoms with Gasteiger partial charge in [0.1, 0.15) is 5.75 Å². The van der Waals surface area contributed by atoms with Gasteiger partial charge in [0.05, 0.1) is 32.4 Å². The molecule has 0 aliphatic carbocycles. The summed E-state index contributed by atoms with van der Waals surface area (Å²) in [5.74, 6) is -0.194. The molecule has 2 N–H and O–H groups in total. The minimum atomic E-state index is -0.624. The topological polar surface area (TPSA) is 74.0 Å². The molecule has 1 aromatic rings. The zero-order valence-corrected chi connectivity index (χ0v) is 12.1. The molecule has 2 aliphatic rings. The van der Waals surface area contributed by atoms with E-state index in [0.29, 0.717) is 43.3 Å². The van der Waals surface area contributed by atoms with E-state index >= 15 is 0 Å². The summed E-state index contributed by atoms with van der Waals surface area (Å²) in [6.45, 7) is 2.31. The Labute approximate surface area is 123 Å². The van der Waals surface area contributed by atoms with Crippen molar-refractivity contribution in [2.24, 2.45) is 0 Å². The van der Waals surface area contributed by atoms with Gasteiger partial charge in [0.2, 0.25) is 0 Å². The number of methoxy groups -OCH3 is 1. The van der Waals surface area contributed by atoms with Gasteiger partial charge in [0.25, 0.3) is 5.91 Å². The van der Waals surface area contributed by atoms with Crippen LogP contribution in [0.15, 0.2) is 18.2 Å². The van der Waals surface area contributed by atoms with Crippen molar-refractivity contribution in [1.29, 1.82) is 0 Å². The van der Waals surface area contributed by atoms with Crippen molar-refractivity contribution in [1.82, 2.24) is 4.90 Å². The lowest BCUT2D eigenvalue weighted by Crippen LogP contribution is -2.51. The van der Waals surface area contributed by atoms with Crippen LogP contribution in [0.3, 0.4) is 0 Å². The highest BCUT2D eigenvalue weighted by Crippen LogP contribution is 2.32. The average Bonchev–Trinajstić information content (AvgIpc) is 2.94. The van der Waals surface area contributed by atoms with E-state index in [-0.39, 0.29) is 5.91 Å². The lowest BCUT2D eigenvalue weighted by atomic mass is 10.0. The summed E-state index contributed by atoms with van der Waals surface area (Å²) in [4.78, 5) is 14.5. The number of benzene rings is 1. The smallest absolute Gasteiger partial charge is 0.257 e. The van der Waals surface area contributed by atoms with E-state index in [0.717, 1.165) is 12.8 Å². The molecule has 2 fully saturated rings. The quantitative estimate of drug-likeness (QED) is 0.831. The minimum absolute atomic E-state index is 0.0997. The predicted octanol–water partition coefficient (Wildman–Crippen LogP) is 1.26. The van der Waals surface area contributed by atoms with Gasteiger partial charge in [0, 0.05) is 18.7 Å². The van der Waals surface area contributed by atoms with Crippen molar-refractivity contribution in [3.63, 3.8) is 0 Å². The van der Waals surface area contributed by atoms with E-state index in [1.165, 1.54) is 0 Å². The van der Waals surface area contributed by atoms with Crippen LogP contribution >= 0.6 is 0 Å². The molecule has 0 atom stereocenters. The first-order valence-electron chi connectivity index (χ1n) is 7.14. The Morgan fingerprint density at radius 1 is 1.38 bits per heavy atom. The monoisotopic (exact) mass is 292 g/mol. The molecule has 0 aromatic heterocycles. The maximum absolute atomic E-state index is 12.8. The molecule has 1 amide bonds. The zero-order chi connectivity index (χ0) is 14.9. The van der Waals surface area contributed by atoms with Gasteiger partial charge in [-0.15, -0.1) is 0 Å². The molecule has 0 bridgehead atoms. The summed E-state index contributed by atoms with van der Waals surface area (Å²) in [7, 11) is 1.54. The number of amides is 1. The third-order valence-corrected chi connectivity index (χ3v) is 3.97. The summed E-state index contributed by atoms with van der Waals surface area (Å²) in [6, 6.07) is 5.08. The van der Waals surface area contributed by atoms with Crippen molar-refractivity contribution in [3.05, 3.63) is 23.8 Å².